The van der Waals surface area contributed by atoms with E-state index in [9.17, 15) is 28.8 Å². The number of rotatable bonds is 44. The summed E-state index contributed by atoms with van der Waals surface area (Å²) in [5.74, 6) is -0.672. The molecule has 0 atom stereocenters. The molecule has 0 aliphatic rings. The Hall–Kier alpha value is -2.87. The van der Waals surface area contributed by atoms with Gasteiger partial charge in [0.25, 0.3) is 0 Å². The Kier molecular flexibility index (Phi) is 34.5. The Bertz CT molecular complexity index is 1760. The van der Waals surface area contributed by atoms with Crippen LogP contribution in [0.1, 0.15) is 83.5 Å². The summed E-state index contributed by atoms with van der Waals surface area (Å²) in [5, 5.41) is 29.8. The molecule has 4 N–H and O–H groups in total. The summed E-state index contributed by atoms with van der Waals surface area (Å²) < 4.78 is 49.4. The minimum atomic E-state index is -2.14. The number of ether oxygens (including phenoxy) is 6. The van der Waals surface area contributed by atoms with Crippen LogP contribution in [0.15, 0.2) is 14.4 Å². The molecule has 1 aromatic heterocycles. The van der Waals surface area contributed by atoms with Crippen molar-refractivity contribution in [1.29, 1.82) is 0 Å². The summed E-state index contributed by atoms with van der Waals surface area (Å²) >= 11 is 0. The number of amides is 2. The summed E-state index contributed by atoms with van der Waals surface area (Å²) in [6.45, 7) is 18.5. The van der Waals surface area contributed by atoms with E-state index in [-0.39, 0.29) is 116 Å². The van der Waals surface area contributed by atoms with Crippen LogP contribution in [-0.2, 0) is 65.9 Å². The van der Waals surface area contributed by atoms with Gasteiger partial charge in [0.2, 0.25) is 0 Å². The first-order valence-corrected chi connectivity index (χ1v) is 38.2. The highest BCUT2D eigenvalue weighted by molar-refractivity contribution is 6.85. The van der Waals surface area contributed by atoms with Crippen molar-refractivity contribution in [3.05, 3.63) is 31.5 Å². The monoisotopic (exact) mass is 1100 g/mol. The van der Waals surface area contributed by atoms with Gasteiger partial charge in [-0.3, -0.25) is 9.59 Å². The maximum Gasteiger partial charge on any atom is 0.336 e. The molecular weight excluding hydrogens is 1010 g/mol. The van der Waals surface area contributed by atoms with E-state index in [2.05, 4.69) is 57.7 Å². The summed E-state index contributed by atoms with van der Waals surface area (Å²) in [6.07, 6.45) is 8.67. The lowest BCUT2D eigenvalue weighted by Crippen LogP contribution is -2.54. The Morgan fingerprint density at radius 3 is 1.15 bits per heavy atom. The molecule has 0 spiro atoms. The molecule has 1 heterocycles. The zero-order valence-electron chi connectivity index (χ0n) is 45.3. The van der Waals surface area contributed by atoms with E-state index in [1.165, 1.54) is 4.90 Å². The van der Waals surface area contributed by atoms with Crippen molar-refractivity contribution in [3.63, 3.8) is 0 Å². The van der Waals surface area contributed by atoms with Crippen molar-refractivity contribution >= 4 is 51.2 Å². The average molecular weight is 1100 g/mol. The fourth-order valence-corrected chi connectivity index (χ4v) is 23.2. The lowest BCUT2D eigenvalue weighted by atomic mass is 10.1. The number of nitrogens with one attached hydrogen (secondary N) is 1. The number of hydrogen-bond donors (Lipinski definition) is 4. The second-order valence-electron chi connectivity index (χ2n) is 20.4. The third kappa shape index (κ3) is 31.1. The van der Waals surface area contributed by atoms with Gasteiger partial charge >= 0.3 is 35.0 Å². The number of esters is 2. The quantitative estimate of drug-likeness (QED) is 0.0416. The number of hydrogen-bond acceptors (Lipinski definition) is 17. The van der Waals surface area contributed by atoms with Crippen molar-refractivity contribution in [2.45, 2.75) is 155 Å². The van der Waals surface area contributed by atoms with Crippen molar-refractivity contribution in [3.8, 4) is 0 Å². The van der Waals surface area contributed by atoms with Gasteiger partial charge in [-0.1, -0.05) is 25.7 Å². The van der Waals surface area contributed by atoms with Gasteiger partial charge in [0.1, 0.15) is 13.2 Å². The molecule has 0 aromatic carbocycles. The molecule has 26 heteroatoms. The molecule has 0 fully saturated rings. The van der Waals surface area contributed by atoms with Gasteiger partial charge in [-0.05, 0) is 97.3 Å². The number of carbonyl (C=O) groups excluding carboxylic acids is 3. The zero-order chi connectivity index (χ0) is 54.1. The van der Waals surface area contributed by atoms with Crippen molar-refractivity contribution in [1.82, 2.24) is 23.9 Å². The van der Waals surface area contributed by atoms with Gasteiger partial charge in [-0.2, -0.15) is 0 Å². The van der Waals surface area contributed by atoms with E-state index in [0.29, 0.717) is 102 Å². The predicted molar refractivity (Wildman–Crippen MR) is 284 cm³/mol. The molecule has 2 amide bonds. The lowest BCUT2D eigenvalue weighted by Gasteiger charge is -2.33. The summed E-state index contributed by atoms with van der Waals surface area (Å²) in [6, 6.07) is -0.308. The lowest BCUT2D eigenvalue weighted by molar-refractivity contribution is -0.146. The average Bonchev–Trinajstić information content (AvgIpc) is 3.28. The van der Waals surface area contributed by atoms with E-state index in [4.69, 9.17) is 52.0 Å². The van der Waals surface area contributed by atoms with Crippen LogP contribution in [0, 0.1) is 0 Å². The molecule has 0 aliphatic heterocycles. The van der Waals surface area contributed by atoms with Gasteiger partial charge in [-0.15, -0.1) is 0 Å². The van der Waals surface area contributed by atoms with E-state index < -0.39 is 50.3 Å². The molecule has 1 rings (SSSR count). The van der Waals surface area contributed by atoms with Crippen LogP contribution < -0.4 is 22.4 Å². The molecule has 1 aromatic rings. The number of unbranched alkanes of at least 4 members (excludes halogenated alkanes) is 8. The first-order valence-electron chi connectivity index (χ1n) is 25.8. The van der Waals surface area contributed by atoms with Crippen molar-refractivity contribution in [2.24, 2.45) is 0 Å². The van der Waals surface area contributed by atoms with Gasteiger partial charge in [-0.25, -0.2) is 32.9 Å². The van der Waals surface area contributed by atoms with Crippen LogP contribution in [0.4, 0.5) is 4.79 Å². The first-order chi connectivity index (χ1) is 34.0. The number of likely N-dealkylation sites (N-methyl/N-ethyl adjacent to an activating group) is 1. The summed E-state index contributed by atoms with van der Waals surface area (Å²) in [5.41, 5.74) is -2.01. The van der Waals surface area contributed by atoms with Crippen LogP contribution >= 0.6 is 0 Å². The van der Waals surface area contributed by atoms with Crippen LogP contribution in [0.2, 0.25) is 52.4 Å². The summed E-state index contributed by atoms with van der Waals surface area (Å²) in [7, 11) is -6.86. The SMILES string of the molecule is CN(CCO)C(=O)NCCCCCn1c(=O)n(CCCCCCC(=O)OCCOC[Si](C)(C)O[Si](C)(C)COCCO)c(=O)n(CCCCCCC(=O)OCCOC[Si](C)(C)O[Si](C)(C)COCCO)c1=O. The molecule has 22 nitrogen and oxygen atoms in total. The zero-order valence-corrected chi connectivity index (χ0v) is 49.3. The minimum Gasteiger partial charge on any atom is -0.463 e. The van der Waals surface area contributed by atoms with Crippen LogP contribution in [-0.4, -0.2) is 190 Å². The second-order valence-corrected chi connectivity index (χ2v) is 37.3. The Morgan fingerprint density at radius 2 is 0.806 bits per heavy atom. The number of carbonyl (C=O) groups is 3. The molecular formula is C46H93N5O17Si4. The Balaban J connectivity index is 2.67. The van der Waals surface area contributed by atoms with Crippen LogP contribution in [0.25, 0.3) is 0 Å². The van der Waals surface area contributed by atoms with Crippen molar-refractivity contribution < 1.29 is 66.4 Å². The number of aromatic nitrogens is 3. The largest absolute Gasteiger partial charge is 0.463 e. The molecule has 0 saturated carbocycles. The molecule has 0 unspecified atom stereocenters. The molecule has 0 radical (unpaired) electrons. The fraction of sp³-hybridized carbons (Fsp3) is 0.870. The number of aliphatic hydroxyl groups excluding tert-OH is 3. The second kappa shape index (κ2) is 37.0. The van der Waals surface area contributed by atoms with Crippen LogP contribution in [0.3, 0.4) is 0 Å². The van der Waals surface area contributed by atoms with Gasteiger partial charge in [0.05, 0.1) is 71.2 Å². The third-order valence-electron chi connectivity index (χ3n) is 10.9. The van der Waals surface area contributed by atoms with E-state index in [1.807, 2.05) is 0 Å². The maximum absolute atomic E-state index is 13.7. The minimum absolute atomic E-state index is 0.0306. The van der Waals surface area contributed by atoms with E-state index in [1.54, 1.807) is 7.05 Å². The normalized spacial score (nSPS) is 12.3. The highest BCUT2D eigenvalue weighted by Gasteiger charge is 2.35. The van der Waals surface area contributed by atoms with E-state index in [0.717, 1.165) is 13.7 Å². The van der Waals surface area contributed by atoms with Crippen LogP contribution in [0.5, 0.6) is 0 Å². The Morgan fingerprint density at radius 1 is 0.472 bits per heavy atom. The number of urea groups is 1. The molecule has 0 saturated heterocycles. The highest BCUT2D eigenvalue weighted by Crippen LogP contribution is 2.17. The van der Waals surface area contributed by atoms with Gasteiger partial charge in [0.15, 0.2) is 33.3 Å². The molecule has 72 heavy (non-hydrogen) atoms. The standard InChI is InChI=1S/C46H93N5O17Si4/c1-48(27-28-52)43(57)47-23-17-14-20-26-51-45(59)49(24-18-12-10-15-21-41(55)65-35-33-63-39-71(6,7)67-69(2,3)37-61-31-29-53)44(58)50(46(51)60)25-19-13-11-16-22-42(56)66-36-34-64-40-72(8,9)68-70(4,5)38-62-32-30-54/h52-54H,10-40H2,1-9H3,(H,47,57). The fourth-order valence-electron chi connectivity index (χ4n) is 7.78. The van der Waals surface area contributed by atoms with Crippen molar-refractivity contribution in [2.75, 3.05) is 105 Å². The predicted octanol–water partition coefficient (Wildman–Crippen LogP) is 3.02. The number of nitrogens with zero attached hydrogens (tertiary/aromatic N) is 4. The topological polar surface area (TPSA) is 267 Å². The van der Waals surface area contributed by atoms with E-state index >= 15 is 0 Å². The highest BCUT2D eigenvalue weighted by atomic mass is 28.4. The molecule has 420 valence electrons. The Labute approximate surface area is 431 Å². The summed E-state index contributed by atoms with van der Waals surface area (Å²) in [4.78, 5) is 79.2. The number of aliphatic hydroxyl groups is 3. The molecule has 0 aliphatic carbocycles. The smallest absolute Gasteiger partial charge is 0.336 e. The van der Waals surface area contributed by atoms with Gasteiger partial charge in [0, 0.05) is 52.6 Å². The maximum atomic E-state index is 13.7. The molecule has 0 bridgehead atoms. The first kappa shape index (κ1) is 67.1. The third-order valence-corrected chi connectivity index (χ3v) is 23.3. The van der Waals surface area contributed by atoms with Gasteiger partial charge < -0.3 is 62.2 Å².